The molecule has 3 aliphatic heterocycles. The highest BCUT2D eigenvalue weighted by atomic mass is 16.6. The third-order valence-electron chi connectivity index (χ3n) is 4.97. The number of carbonyl (C=O) groups excluding carboxylic acids is 2. The van der Waals surface area contributed by atoms with E-state index in [0.29, 0.717) is 18.5 Å². The molecule has 0 saturated carbocycles. The maximum atomic E-state index is 12.3. The molecule has 8 nitrogen and oxygen atoms in total. The van der Waals surface area contributed by atoms with Crippen molar-refractivity contribution in [2.24, 2.45) is 11.8 Å². The molecule has 0 aromatic rings. The van der Waals surface area contributed by atoms with Crippen molar-refractivity contribution in [3.63, 3.8) is 0 Å². The van der Waals surface area contributed by atoms with Crippen LogP contribution in [0.3, 0.4) is 0 Å². The molecule has 2 N–H and O–H groups in total. The molecule has 0 unspecified atom stereocenters. The lowest BCUT2D eigenvalue weighted by molar-refractivity contribution is -0.163. The van der Waals surface area contributed by atoms with Gasteiger partial charge in [0.2, 0.25) is 5.91 Å². The molecule has 0 radical (unpaired) electrons. The van der Waals surface area contributed by atoms with E-state index in [4.69, 9.17) is 4.74 Å². The zero-order valence-corrected chi connectivity index (χ0v) is 13.3. The summed E-state index contributed by atoms with van der Waals surface area (Å²) in [4.78, 5) is 38.7. The van der Waals surface area contributed by atoms with Crippen molar-refractivity contribution in [3.05, 3.63) is 23.9 Å². The summed E-state index contributed by atoms with van der Waals surface area (Å²) in [5, 5.41) is 19.3. The number of hydrogen-bond donors (Lipinski definition) is 2. The van der Waals surface area contributed by atoms with Gasteiger partial charge in [0, 0.05) is 19.0 Å². The lowest BCUT2D eigenvalue weighted by atomic mass is 9.75. The fraction of sp³-hybridized carbons (Fsp3) is 0.562. The topological polar surface area (TPSA) is 107 Å². The van der Waals surface area contributed by atoms with Crippen LogP contribution in [0.2, 0.25) is 0 Å². The third kappa shape index (κ3) is 2.29. The van der Waals surface area contributed by atoms with Crippen LogP contribution in [-0.2, 0) is 14.3 Å². The van der Waals surface area contributed by atoms with E-state index in [2.05, 4.69) is 6.58 Å². The van der Waals surface area contributed by atoms with E-state index < -0.39 is 30.1 Å². The molecule has 0 spiro atoms. The molecule has 4 atom stereocenters. The Kier molecular flexibility index (Phi) is 4.08. The third-order valence-corrected chi connectivity index (χ3v) is 4.97. The van der Waals surface area contributed by atoms with E-state index in [1.165, 1.54) is 22.8 Å². The lowest BCUT2D eigenvalue weighted by Gasteiger charge is -2.48. The Morgan fingerprint density at radius 2 is 2.21 bits per heavy atom. The number of β-lactam (4-membered cyclic amide) rings is 1. The van der Waals surface area contributed by atoms with Crippen molar-refractivity contribution in [2.45, 2.75) is 25.5 Å². The minimum atomic E-state index is -1.14. The Labute approximate surface area is 139 Å². The van der Waals surface area contributed by atoms with Crippen LogP contribution >= 0.6 is 0 Å². The number of piperidine rings is 1. The number of fused-ring (bicyclic) bond motifs is 3. The maximum Gasteiger partial charge on any atom is 0.410 e. The standard InChI is InChI=1S/C16H20N2O6/c1-3-6-24-16(23)17-5-4-9-10(7-17)12-11(8(2)19)14(20)18(12)13(9)15(21)22/h3,8,10-12,19H,1,4-7H2,2H3,(H,21,22)/t8-,10+,11-,12-/m1/s1. The molecule has 24 heavy (non-hydrogen) atoms. The normalized spacial score (nSPS) is 29.6. The van der Waals surface area contributed by atoms with Crippen LogP contribution in [0.5, 0.6) is 0 Å². The second kappa shape index (κ2) is 5.94. The van der Waals surface area contributed by atoms with E-state index in [1.807, 2.05) is 0 Å². The number of likely N-dealkylation sites (tertiary alicyclic amines) is 1. The van der Waals surface area contributed by atoms with E-state index in [-0.39, 0.29) is 30.7 Å². The minimum absolute atomic E-state index is 0.0195. The van der Waals surface area contributed by atoms with E-state index in [0.717, 1.165) is 0 Å². The first kappa shape index (κ1) is 16.5. The summed E-state index contributed by atoms with van der Waals surface area (Å²) in [6, 6.07) is -0.409. The number of ether oxygens (including phenoxy) is 1. The molecule has 0 aromatic heterocycles. The van der Waals surface area contributed by atoms with Gasteiger partial charge < -0.3 is 24.7 Å². The monoisotopic (exact) mass is 336 g/mol. The number of aliphatic carboxylic acids is 1. The van der Waals surface area contributed by atoms with Gasteiger partial charge in [0.05, 0.1) is 18.1 Å². The predicted molar refractivity (Wildman–Crippen MR) is 81.7 cm³/mol. The van der Waals surface area contributed by atoms with Gasteiger partial charge in [-0.2, -0.15) is 0 Å². The van der Waals surface area contributed by atoms with Crippen molar-refractivity contribution in [2.75, 3.05) is 19.7 Å². The van der Waals surface area contributed by atoms with Crippen LogP contribution in [0.1, 0.15) is 13.3 Å². The summed E-state index contributed by atoms with van der Waals surface area (Å²) in [7, 11) is 0. The largest absolute Gasteiger partial charge is 0.477 e. The second-order valence-electron chi connectivity index (χ2n) is 6.31. The summed E-state index contributed by atoms with van der Waals surface area (Å²) in [6.07, 6.45) is 0.503. The molecular weight excluding hydrogens is 316 g/mol. The van der Waals surface area contributed by atoms with Crippen LogP contribution in [0.15, 0.2) is 23.9 Å². The molecule has 8 heteroatoms. The number of carboxylic acids is 1. The highest BCUT2D eigenvalue weighted by Gasteiger charge is 2.61. The summed E-state index contributed by atoms with van der Waals surface area (Å²) in [6.45, 7) is 5.74. The van der Waals surface area contributed by atoms with Gasteiger partial charge in [-0.1, -0.05) is 12.7 Å². The van der Waals surface area contributed by atoms with E-state index >= 15 is 0 Å². The molecule has 2 amide bonds. The van der Waals surface area contributed by atoms with Gasteiger partial charge in [-0.05, 0) is 18.9 Å². The Balaban J connectivity index is 1.85. The van der Waals surface area contributed by atoms with Crippen molar-refractivity contribution in [1.29, 1.82) is 0 Å². The second-order valence-corrected chi connectivity index (χ2v) is 6.31. The zero-order chi connectivity index (χ0) is 17.6. The predicted octanol–water partition coefficient (Wildman–Crippen LogP) is 0.191. The van der Waals surface area contributed by atoms with Gasteiger partial charge in [-0.3, -0.25) is 4.79 Å². The van der Waals surface area contributed by atoms with Crippen molar-refractivity contribution >= 4 is 18.0 Å². The molecule has 3 aliphatic rings. The molecule has 0 aliphatic carbocycles. The lowest BCUT2D eigenvalue weighted by Crippen LogP contribution is -2.65. The van der Waals surface area contributed by atoms with Crippen molar-refractivity contribution < 1.29 is 29.3 Å². The molecule has 0 aromatic carbocycles. The quantitative estimate of drug-likeness (QED) is 0.561. The highest BCUT2D eigenvalue weighted by Crippen LogP contribution is 2.49. The molecule has 2 saturated heterocycles. The van der Waals surface area contributed by atoms with E-state index in [9.17, 15) is 24.6 Å². The van der Waals surface area contributed by atoms with Gasteiger partial charge >= 0.3 is 12.1 Å². The fourth-order valence-corrected chi connectivity index (χ4v) is 3.98. The van der Waals surface area contributed by atoms with Crippen LogP contribution in [0.25, 0.3) is 0 Å². The Morgan fingerprint density at radius 1 is 1.50 bits per heavy atom. The van der Waals surface area contributed by atoms with Crippen molar-refractivity contribution in [3.8, 4) is 0 Å². The summed E-state index contributed by atoms with van der Waals surface area (Å²) in [5.41, 5.74) is 0.697. The van der Waals surface area contributed by atoms with Gasteiger partial charge in [-0.25, -0.2) is 9.59 Å². The first-order chi connectivity index (χ1) is 11.4. The van der Waals surface area contributed by atoms with Crippen LogP contribution < -0.4 is 0 Å². The molecule has 3 rings (SSSR count). The minimum Gasteiger partial charge on any atom is -0.477 e. The number of hydrogen-bond acceptors (Lipinski definition) is 5. The SMILES string of the molecule is C=CCOC(=O)N1CCC2=C(C(=O)O)N3C(=O)[C@H]([C@@H](C)O)[C@H]3[C@H]2C1. The number of carboxylic acid groups (broad SMARTS) is 1. The average Bonchev–Trinajstić information content (AvgIpc) is 2.82. The first-order valence-corrected chi connectivity index (χ1v) is 7.88. The van der Waals surface area contributed by atoms with Crippen molar-refractivity contribution in [1.82, 2.24) is 9.80 Å². The molecule has 0 bridgehead atoms. The highest BCUT2D eigenvalue weighted by molar-refractivity contribution is 6.00. The number of aliphatic hydroxyl groups excluding tert-OH is 1. The molecule has 3 heterocycles. The molecular formula is C16H20N2O6. The Bertz CT molecular complexity index is 640. The van der Waals surface area contributed by atoms with Crippen LogP contribution in [-0.4, -0.2) is 69.8 Å². The number of nitrogens with zero attached hydrogens (tertiary/aromatic N) is 2. The number of carbonyl (C=O) groups is 3. The van der Waals surface area contributed by atoms with Crippen LogP contribution in [0, 0.1) is 11.8 Å². The molecule has 2 fully saturated rings. The Morgan fingerprint density at radius 3 is 2.79 bits per heavy atom. The van der Waals surface area contributed by atoms with Gasteiger partial charge in [0.15, 0.2) is 0 Å². The van der Waals surface area contributed by atoms with Crippen LogP contribution in [0.4, 0.5) is 4.79 Å². The zero-order valence-electron chi connectivity index (χ0n) is 13.3. The first-order valence-electron chi connectivity index (χ1n) is 7.88. The number of rotatable bonds is 4. The maximum absolute atomic E-state index is 12.3. The van der Waals surface area contributed by atoms with E-state index in [1.54, 1.807) is 0 Å². The summed E-state index contributed by atoms with van der Waals surface area (Å²) < 4.78 is 5.04. The Hall–Kier alpha value is -2.35. The van der Waals surface area contributed by atoms with Gasteiger partial charge in [-0.15, -0.1) is 0 Å². The summed E-state index contributed by atoms with van der Waals surface area (Å²) in [5.74, 6) is -2.42. The molecule has 130 valence electrons. The number of amides is 2. The smallest absolute Gasteiger partial charge is 0.410 e. The number of aliphatic hydroxyl groups is 1. The summed E-state index contributed by atoms with van der Waals surface area (Å²) >= 11 is 0. The van der Waals surface area contributed by atoms with Gasteiger partial charge in [0.1, 0.15) is 12.3 Å². The van der Waals surface area contributed by atoms with Gasteiger partial charge in [0.25, 0.3) is 0 Å². The fourth-order valence-electron chi connectivity index (χ4n) is 3.98. The average molecular weight is 336 g/mol.